The molecule has 0 aromatic carbocycles. The molecule has 3 rings (SSSR count). The molecule has 2 amide bonds. The predicted octanol–water partition coefficient (Wildman–Crippen LogP) is 0.651. The molecule has 1 fully saturated rings. The number of imidazole rings is 1. The van der Waals surface area contributed by atoms with Crippen LogP contribution in [-0.4, -0.2) is 38.3 Å². The number of hydrogen-bond donors (Lipinski definition) is 1. The number of hydrogen-bond acceptors (Lipinski definition) is 4. The summed E-state index contributed by atoms with van der Waals surface area (Å²) in [5.74, 6) is -0.584. The van der Waals surface area contributed by atoms with Gasteiger partial charge < -0.3 is 14.8 Å². The lowest BCUT2D eigenvalue weighted by Gasteiger charge is -2.24. The average Bonchev–Trinajstić information content (AvgIpc) is 3.10. The summed E-state index contributed by atoms with van der Waals surface area (Å²) in [5.41, 5.74) is 1.66. The van der Waals surface area contributed by atoms with Crippen LogP contribution in [0.3, 0.4) is 0 Å². The van der Waals surface area contributed by atoms with Crippen LogP contribution in [0.1, 0.15) is 23.7 Å². The first-order valence-corrected chi connectivity index (χ1v) is 7.46. The number of aromatic nitrogens is 3. The molecule has 1 saturated heterocycles. The Hall–Kier alpha value is -2.70. The fourth-order valence-corrected chi connectivity index (χ4v) is 2.98. The Bertz CT molecular complexity index is 712. The molecule has 0 radical (unpaired) electrons. The fourth-order valence-electron chi connectivity index (χ4n) is 2.98. The largest absolute Gasteiger partial charge is 0.350 e. The van der Waals surface area contributed by atoms with Crippen molar-refractivity contribution in [2.45, 2.75) is 19.0 Å². The van der Waals surface area contributed by atoms with E-state index in [-0.39, 0.29) is 24.3 Å². The lowest BCUT2D eigenvalue weighted by atomic mass is 9.94. The zero-order chi connectivity index (χ0) is 16.4. The van der Waals surface area contributed by atoms with Gasteiger partial charge >= 0.3 is 0 Å². The van der Waals surface area contributed by atoms with E-state index < -0.39 is 5.92 Å². The molecule has 2 aromatic heterocycles. The van der Waals surface area contributed by atoms with Crippen molar-refractivity contribution in [1.29, 1.82) is 0 Å². The molecule has 2 aromatic rings. The van der Waals surface area contributed by atoms with Crippen molar-refractivity contribution < 1.29 is 9.59 Å². The highest BCUT2D eigenvalue weighted by atomic mass is 16.2. The van der Waals surface area contributed by atoms with Gasteiger partial charge in [0.05, 0.1) is 30.5 Å². The molecule has 1 aliphatic heterocycles. The van der Waals surface area contributed by atoms with Gasteiger partial charge in [-0.2, -0.15) is 0 Å². The Morgan fingerprint density at radius 2 is 2.26 bits per heavy atom. The molecule has 1 aliphatic rings. The first-order chi connectivity index (χ1) is 11.1. The number of pyridine rings is 1. The lowest BCUT2D eigenvalue weighted by molar-refractivity contribution is -0.128. The normalized spacial score (nSPS) is 20.8. The molecule has 7 heteroatoms. The minimum absolute atomic E-state index is 0.0307. The summed E-state index contributed by atoms with van der Waals surface area (Å²) in [5, 5.41) is 2.88. The Morgan fingerprint density at radius 1 is 1.43 bits per heavy atom. The van der Waals surface area contributed by atoms with Crippen molar-refractivity contribution in [3.63, 3.8) is 0 Å². The molecule has 0 saturated carbocycles. The molecule has 2 atom stereocenters. The van der Waals surface area contributed by atoms with Gasteiger partial charge in [0.25, 0.3) is 0 Å². The SMILES string of the molecule is CN1C(=O)C[C@H](C(=O)NCc2cn(C)cn2)[C@H]1c1cccnc1. The molecule has 3 heterocycles. The molecule has 120 valence electrons. The number of likely N-dealkylation sites (tertiary alicyclic amines) is 1. The van der Waals surface area contributed by atoms with Crippen LogP contribution in [-0.2, 0) is 23.2 Å². The Balaban J connectivity index is 1.74. The first kappa shape index (κ1) is 15.2. The maximum atomic E-state index is 12.6. The van der Waals surface area contributed by atoms with Crippen molar-refractivity contribution in [1.82, 2.24) is 24.8 Å². The van der Waals surface area contributed by atoms with Crippen LogP contribution >= 0.6 is 0 Å². The van der Waals surface area contributed by atoms with Gasteiger partial charge in [-0.05, 0) is 11.6 Å². The van der Waals surface area contributed by atoms with E-state index in [4.69, 9.17) is 0 Å². The van der Waals surface area contributed by atoms with E-state index in [1.54, 1.807) is 30.7 Å². The molecule has 0 unspecified atom stereocenters. The predicted molar refractivity (Wildman–Crippen MR) is 82.9 cm³/mol. The molecule has 1 N–H and O–H groups in total. The van der Waals surface area contributed by atoms with Gasteiger partial charge in [0.2, 0.25) is 11.8 Å². The third kappa shape index (κ3) is 3.08. The summed E-state index contributed by atoms with van der Waals surface area (Å²) in [6.07, 6.45) is 7.14. The minimum Gasteiger partial charge on any atom is -0.350 e. The van der Waals surface area contributed by atoms with Crippen LogP contribution in [0.4, 0.5) is 0 Å². The first-order valence-electron chi connectivity index (χ1n) is 7.46. The topological polar surface area (TPSA) is 80.1 Å². The summed E-state index contributed by atoms with van der Waals surface area (Å²) in [4.78, 5) is 34.5. The molecular weight excluding hydrogens is 294 g/mol. The van der Waals surface area contributed by atoms with E-state index in [2.05, 4.69) is 15.3 Å². The maximum absolute atomic E-state index is 12.6. The van der Waals surface area contributed by atoms with Crippen molar-refractivity contribution >= 4 is 11.8 Å². The number of nitrogens with one attached hydrogen (secondary N) is 1. The molecular formula is C16H19N5O2. The monoisotopic (exact) mass is 313 g/mol. The second kappa shape index (κ2) is 6.20. The lowest BCUT2D eigenvalue weighted by Crippen LogP contribution is -2.34. The van der Waals surface area contributed by atoms with E-state index in [1.165, 1.54) is 0 Å². The third-order valence-electron chi connectivity index (χ3n) is 4.15. The Labute approximate surface area is 134 Å². The van der Waals surface area contributed by atoms with Gasteiger partial charge in [-0.15, -0.1) is 0 Å². The van der Waals surface area contributed by atoms with E-state index in [0.29, 0.717) is 6.54 Å². The van der Waals surface area contributed by atoms with Crippen LogP contribution in [0, 0.1) is 5.92 Å². The van der Waals surface area contributed by atoms with Crippen LogP contribution in [0.15, 0.2) is 37.1 Å². The van der Waals surface area contributed by atoms with Crippen LogP contribution < -0.4 is 5.32 Å². The number of nitrogens with zero attached hydrogens (tertiary/aromatic N) is 4. The van der Waals surface area contributed by atoms with E-state index in [1.807, 2.05) is 29.9 Å². The average molecular weight is 313 g/mol. The smallest absolute Gasteiger partial charge is 0.226 e. The van der Waals surface area contributed by atoms with Gasteiger partial charge in [-0.1, -0.05) is 6.07 Å². The molecule has 0 spiro atoms. The van der Waals surface area contributed by atoms with Crippen molar-refractivity contribution in [2.24, 2.45) is 13.0 Å². The second-order valence-electron chi connectivity index (χ2n) is 5.79. The van der Waals surface area contributed by atoms with Crippen LogP contribution in [0.25, 0.3) is 0 Å². The summed E-state index contributed by atoms with van der Waals surface area (Å²) >= 11 is 0. The van der Waals surface area contributed by atoms with Crippen molar-refractivity contribution in [3.05, 3.63) is 48.3 Å². The van der Waals surface area contributed by atoms with Crippen LogP contribution in [0.5, 0.6) is 0 Å². The van der Waals surface area contributed by atoms with E-state index in [0.717, 1.165) is 11.3 Å². The standard InChI is InChI=1S/C16H19N5O2/c1-20-9-12(19-10-20)8-18-16(23)13-6-14(22)21(2)15(13)11-4-3-5-17-7-11/h3-5,7,9-10,13,15H,6,8H2,1-2H3,(H,18,23)/t13-,15+/m0/s1. The molecule has 0 aliphatic carbocycles. The number of carbonyl (C=O) groups is 2. The highest BCUT2D eigenvalue weighted by Crippen LogP contribution is 2.36. The summed E-state index contributed by atoms with van der Waals surface area (Å²) in [6.45, 7) is 0.355. The quantitative estimate of drug-likeness (QED) is 0.899. The fraction of sp³-hybridized carbons (Fsp3) is 0.375. The number of carbonyl (C=O) groups excluding carboxylic acids is 2. The minimum atomic E-state index is -0.416. The van der Waals surface area contributed by atoms with Crippen molar-refractivity contribution in [2.75, 3.05) is 7.05 Å². The zero-order valence-corrected chi connectivity index (χ0v) is 13.1. The number of amides is 2. The maximum Gasteiger partial charge on any atom is 0.226 e. The summed E-state index contributed by atoms with van der Waals surface area (Å²) in [7, 11) is 3.60. The highest BCUT2D eigenvalue weighted by Gasteiger charge is 2.42. The Morgan fingerprint density at radius 3 is 2.91 bits per heavy atom. The van der Waals surface area contributed by atoms with Gasteiger partial charge in [-0.3, -0.25) is 14.6 Å². The van der Waals surface area contributed by atoms with Gasteiger partial charge in [0.15, 0.2) is 0 Å². The van der Waals surface area contributed by atoms with Crippen molar-refractivity contribution in [3.8, 4) is 0 Å². The number of aryl methyl sites for hydroxylation is 1. The van der Waals surface area contributed by atoms with E-state index in [9.17, 15) is 9.59 Å². The molecule has 7 nitrogen and oxygen atoms in total. The van der Waals surface area contributed by atoms with E-state index >= 15 is 0 Å². The second-order valence-corrected chi connectivity index (χ2v) is 5.79. The zero-order valence-electron chi connectivity index (χ0n) is 13.1. The van der Waals surface area contributed by atoms with Gasteiger partial charge in [0.1, 0.15) is 0 Å². The van der Waals surface area contributed by atoms with Gasteiger partial charge in [0, 0.05) is 39.1 Å². The summed E-state index contributed by atoms with van der Waals surface area (Å²) in [6, 6.07) is 3.43. The Kier molecular flexibility index (Phi) is 4.10. The number of rotatable bonds is 4. The highest BCUT2D eigenvalue weighted by molar-refractivity contribution is 5.90. The van der Waals surface area contributed by atoms with Crippen LogP contribution in [0.2, 0.25) is 0 Å². The van der Waals surface area contributed by atoms with Gasteiger partial charge in [-0.25, -0.2) is 4.98 Å². The molecule has 0 bridgehead atoms. The summed E-state index contributed by atoms with van der Waals surface area (Å²) < 4.78 is 1.83. The third-order valence-corrected chi connectivity index (χ3v) is 4.15. The molecule has 23 heavy (non-hydrogen) atoms.